The zero-order chi connectivity index (χ0) is 14.4. The van der Waals surface area contributed by atoms with Crippen LogP contribution < -0.4 is 4.74 Å². The zero-order valence-electron chi connectivity index (χ0n) is 12.4. The second kappa shape index (κ2) is 4.91. The fourth-order valence-electron chi connectivity index (χ4n) is 3.60. The first-order valence-electron chi connectivity index (χ1n) is 7.85. The molecule has 2 saturated carbocycles. The molecule has 2 aliphatic rings. The minimum Gasteiger partial charge on any atom is -0.497 e. The second-order valence-corrected chi connectivity index (χ2v) is 6.92. The van der Waals surface area contributed by atoms with Crippen molar-refractivity contribution < 1.29 is 4.74 Å². The molecule has 2 aromatic rings. The van der Waals surface area contributed by atoms with Gasteiger partial charge in [-0.1, -0.05) is 0 Å². The van der Waals surface area contributed by atoms with Crippen LogP contribution in [-0.2, 0) is 13.0 Å². The Morgan fingerprint density at radius 2 is 2.19 bits per heavy atom. The van der Waals surface area contributed by atoms with E-state index in [1.54, 1.807) is 7.11 Å². The van der Waals surface area contributed by atoms with E-state index < -0.39 is 0 Å². The highest BCUT2D eigenvalue weighted by Gasteiger charge is 2.54. The van der Waals surface area contributed by atoms with Gasteiger partial charge in [0.2, 0.25) is 0 Å². The fraction of sp³-hybridized carbons (Fsp3) is 0.588. The van der Waals surface area contributed by atoms with Gasteiger partial charge in [-0.25, -0.2) is 4.98 Å². The number of hydrogen-bond acceptors (Lipinski definition) is 2. The number of alkyl halides is 1. The van der Waals surface area contributed by atoms with E-state index in [9.17, 15) is 0 Å². The van der Waals surface area contributed by atoms with Crippen molar-refractivity contribution in [2.24, 2.45) is 11.3 Å². The topological polar surface area (TPSA) is 27.1 Å². The molecule has 0 atom stereocenters. The predicted molar refractivity (Wildman–Crippen MR) is 85.1 cm³/mol. The average Bonchev–Trinajstić information content (AvgIpc) is 3.38. The molecule has 0 N–H and O–H groups in total. The third kappa shape index (κ3) is 2.32. The van der Waals surface area contributed by atoms with Crippen LogP contribution in [0.1, 0.15) is 31.5 Å². The number of ether oxygens (including phenoxy) is 1. The van der Waals surface area contributed by atoms with Crippen molar-refractivity contribution in [1.82, 2.24) is 9.55 Å². The molecule has 2 fully saturated rings. The highest BCUT2D eigenvalue weighted by atomic mass is 35.5. The average molecular weight is 305 g/mol. The summed E-state index contributed by atoms with van der Waals surface area (Å²) >= 11 is 5.98. The van der Waals surface area contributed by atoms with Crippen LogP contribution in [0.4, 0.5) is 0 Å². The van der Waals surface area contributed by atoms with E-state index in [0.717, 1.165) is 36.0 Å². The van der Waals surface area contributed by atoms with Gasteiger partial charge in [0.25, 0.3) is 0 Å². The molecule has 4 heteroatoms. The number of methoxy groups -OCH3 is 1. The maximum atomic E-state index is 5.98. The largest absolute Gasteiger partial charge is 0.497 e. The normalized spacial score (nSPS) is 19.9. The lowest BCUT2D eigenvalue weighted by Gasteiger charge is -2.17. The van der Waals surface area contributed by atoms with Crippen LogP contribution in [0.2, 0.25) is 0 Å². The van der Waals surface area contributed by atoms with Crippen LogP contribution >= 0.6 is 11.6 Å². The standard InChI is InChI=1S/C17H21ClN2O/c1-21-13-4-5-15-14(10-13)19-16(6-9-18)20(15)11-17(7-8-17)12-2-3-12/h4-5,10,12H,2-3,6-9,11H2,1H3. The molecule has 4 rings (SSSR count). The SMILES string of the molecule is COc1ccc2c(c1)nc(CCCl)n2CC1(C2CC2)CC1. The van der Waals surface area contributed by atoms with Gasteiger partial charge in [0.05, 0.1) is 18.1 Å². The van der Waals surface area contributed by atoms with Crippen molar-refractivity contribution in [2.45, 2.75) is 38.6 Å². The van der Waals surface area contributed by atoms with Crippen molar-refractivity contribution >= 4 is 22.6 Å². The van der Waals surface area contributed by atoms with E-state index >= 15 is 0 Å². The van der Waals surface area contributed by atoms with Crippen molar-refractivity contribution in [3.8, 4) is 5.75 Å². The van der Waals surface area contributed by atoms with Crippen LogP contribution in [0.5, 0.6) is 5.75 Å². The van der Waals surface area contributed by atoms with Gasteiger partial charge in [0.1, 0.15) is 11.6 Å². The van der Waals surface area contributed by atoms with Crippen molar-refractivity contribution in [2.75, 3.05) is 13.0 Å². The number of hydrogen-bond donors (Lipinski definition) is 0. The molecule has 0 spiro atoms. The van der Waals surface area contributed by atoms with E-state index in [0.29, 0.717) is 11.3 Å². The smallest absolute Gasteiger partial charge is 0.121 e. The number of aryl methyl sites for hydroxylation is 1. The molecule has 0 aliphatic heterocycles. The molecule has 0 saturated heterocycles. The molecular formula is C17H21ClN2O. The Morgan fingerprint density at radius 1 is 1.38 bits per heavy atom. The van der Waals surface area contributed by atoms with Gasteiger partial charge in [-0.15, -0.1) is 11.6 Å². The maximum Gasteiger partial charge on any atom is 0.121 e. The van der Waals surface area contributed by atoms with Crippen LogP contribution in [0.15, 0.2) is 18.2 Å². The summed E-state index contributed by atoms with van der Waals surface area (Å²) < 4.78 is 7.74. The molecule has 1 aromatic heterocycles. The number of aromatic nitrogens is 2. The number of fused-ring (bicyclic) bond motifs is 1. The van der Waals surface area contributed by atoms with Crippen LogP contribution in [0.3, 0.4) is 0 Å². The Balaban J connectivity index is 1.75. The summed E-state index contributed by atoms with van der Waals surface area (Å²) in [7, 11) is 1.70. The first-order valence-corrected chi connectivity index (χ1v) is 8.38. The molecule has 0 amide bonds. The van der Waals surface area contributed by atoms with Gasteiger partial charge in [-0.3, -0.25) is 0 Å². The van der Waals surface area contributed by atoms with Crippen LogP contribution in [0.25, 0.3) is 11.0 Å². The fourth-order valence-corrected chi connectivity index (χ4v) is 3.77. The number of benzene rings is 1. The molecular weight excluding hydrogens is 284 g/mol. The van der Waals surface area contributed by atoms with Crippen molar-refractivity contribution in [3.05, 3.63) is 24.0 Å². The molecule has 0 radical (unpaired) electrons. The molecule has 0 unspecified atom stereocenters. The van der Waals surface area contributed by atoms with Crippen molar-refractivity contribution in [1.29, 1.82) is 0 Å². The number of halogens is 1. The van der Waals surface area contributed by atoms with E-state index in [2.05, 4.69) is 10.6 Å². The Kier molecular flexibility index (Phi) is 3.14. The highest BCUT2D eigenvalue weighted by Crippen LogP contribution is 2.62. The lowest BCUT2D eigenvalue weighted by molar-refractivity contribution is 0.369. The maximum absolute atomic E-state index is 5.98. The van der Waals surface area contributed by atoms with Gasteiger partial charge < -0.3 is 9.30 Å². The minimum atomic E-state index is 0.564. The summed E-state index contributed by atoms with van der Waals surface area (Å²) in [6.45, 7) is 1.12. The molecule has 0 bridgehead atoms. The molecule has 1 aromatic carbocycles. The Hall–Kier alpha value is -1.22. The first kappa shape index (κ1) is 13.4. The first-order chi connectivity index (χ1) is 10.3. The van der Waals surface area contributed by atoms with Crippen molar-refractivity contribution in [3.63, 3.8) is 0 Å². The second-order valence-electron chi connectivity index (χ2n) is 6.54. The zero-order valence-corrected chi connectivity index (χ0v) is 13.2. The number of nitrogens with zero attached hydrogens (tertiary/aromatic N) is 2. The Morgan fingerprint density at radius 3 is 2.81 bits per heavy atom. The lowest BCUT2D eigenvalue weighted by Crippen LogP contribution is -2.16. The minimum absolute atomic E-state index is 0.564. The quantitative estimate of drug-likeness (QED) is 0.754. The van der Waals surface area contributed by atoms with E-state index in [1.165, 1.54) is 31.2 Å². The predicted octanol–water partition coefficient (Wildman–Crippen LogP) is 4.02. The third-order valence-corrected chi connectivity index (χ3v) is 5.35. The Labute approximate surface area is 130 Å². The molecule has 2 aliphatic carbocycles. The number of imidazole rings is 1. The summed E-state index contributed by atoms with van der Waals surface area (Å²) in [6.07, 6.45) is 6.44. The third-order valence-electron chi connectivity index (χ3n) is 5.16. The summed E-state index contributed by atoms with van der Waals surface area (Å²) in [4.78, 5) is 4.80. The molecule has 1 heterocycles. The van der Waals surface area contributed by atoms with Gasteiger partial charge >= 0.3 is 0 Å². The van der Waals surface area contributed by atoms with Gasteiger partial charge in [-0.2, -0.15) is 0 Å². The van der Waals surface area contributed by atoms with Gasteiger partial charge in [0.15, 0.2) is 0 Å². The summed E-state index contributed by atoms with van der Waals surface area (Å²) in [5.74, 6) is 3.57. The summed E-state index contributed by atoms with van der Waals surface area (Å²) in [5.41, 5.74) is 2.82. The van der Waals surface area contributed by atoms with E-state index in [-0.39, 0.29) is 0 Å². The molecule has 112 valence electrons. The van der Waals surface area contributed by atoms with Gasteiger partial charge in [-0.05, 0) is 49.1 Å². The van der Waals surface area contributed by atoms with Gasteiger partial charge in [0, 0.05) is 24.9 Å². The Bertz CT molecular complexity index is 671. The number of rotatable bonds is 6. The van der Waals surface area contributed by atoms with Crippen LogP contribution in [0, 0.1) is 11.3 Å². The lowest BCUT2D eigenvalue weighted by atomic mass is 10.0. The van der Waals surface area contributed by atoms with E-state index in [1.807, 2.05) is 12.1 Å². The van der Waals surface area contributed by atoms with Crippen LogP contribution in [-0.4, -0.2) is 22.5 Å². The monoisotopic (exact) mass is 304 g/mol. The summed E-state index contributed by atoms with van der Waals surface area (Å²) in [5, 5.41) is 0. The molecule has 3 nitrogen and oxygen atoms in total. The summed E-state index contributed by atoms with van der Waals surface area (Å²) in [6, 6.07) is 6.20. The van der Waals surface area contributed by atoms with E-state index in [4.69, 9.17) is 21.3 Å². The highest BCUT2D eigenvalue weighted by molar-refractivity contribution is 6.17. The molecule has 21 heavy (non-hydrogen) atoms.